The summed E-state index contributed by atoms with van der Waals surface area (Å²) in [6, 6.07) is 8.22. The number of likely N-dealkylation sites (N-methyl/N-ethyl adjacent to an activating group) is 1. The van der Waals surface area contributed by atoms with Crippen LogP contribution in [0.15, 0.2) is 39.5 Å². The molecule has 110 valence electrons. The number of nitrogens with zero attached hydrogens (tertiary/aromatic N) is 3. The van der Waals surface area contributed by atoms with Crippen molar-refractivity contribution in [2.45, 2.75) is 19.4 Å². The first-order valence-corrected chi connectivity index (χ1v) is 7.72. The molecule has 21 heavy (non-hydrogen) atoms. The molecule has 3 rings (SSSR count). The van der Waals surface area contributed by atoms with E-state index < -0.39 is 0 Å². The molecule has 0 bridgehead atoms. The lowest BCUT2D eigenvalue weighted by atomic mass is 10.1. The van der Waals surface area contributed by atoms with E-state index in [4.69, 9.17) is 4.42 Å². The number of nitrogens with one attached hydrogen (secondary N) is 1. The Labute approximate surface area is 131 Å². The lowest BCUT2D eigenvalue weighted by molar-refractivity contribution is 0.424. The Morgan fingerprint density at radius 2 is 2.29 bits per heavy atom. The molecule has 0 fully saturated rings. The molecule has 1 atom stereocenters. The molecule has 0 saturated carbocycles. The normalized spacial score (nSPS) is 12.9. The zero-order valence-electron chi connectivity index (χ0n) is 12.0. The number of halogens is 1. The highest BCUT2D eigenvalue weighted by Crippen LogP contribution is 2.30. The van der Waals surface area contributed by atoms with E-state index in [2.05, 4.69) is 50.4 Å². The summed E-state index contributed by atoms with van der Waals surface area (Å²) in [5.74, 6) is 1.85. The fraction of sp³-hybridized carbons (Fsp3) is 0.333. The third kappa shape index (κ3) is 2.87. The first kappa shape index (κ1) is 14.3. The molecular formula is C15H17BrN4O. The molecule has 5 nitrogen and oxygen atoms in total. The average Bonchev–Trinajstić information content (AvgIpc) is 3.06. The van der Waals surface area contributed by atoms with Crippen LogP contribution in [0.1, 0.15) is 24.6 Å². The van der Waals surface area contributed by atoms with Gasteiger partial charge in [-0.15, -0.1) is 0 Å². The average molecular weight is 349 g/mol. The van der Waals surface area contributed by atoms with Gasteiger partial charge >= 0.3 is 0 Å². The van der Waals surface area contributed by atoms with Crippen molar-refractivity contribution in [3.63, 3.8) is 0 Å². The topological polar surface area (TPSA) is 55.9 Å². The Hall–Kier alpha value is -1.66. The molecular weight excluding hydrogens is 332 g/mol. The summed E-state index contributed by atoms with van der Waals surface area (Å²) >= 11 is 3.53. The van der Waals surface area contributed by atoms with Gasteiger partial charge in [-0.3, -0.25) is 4.68 Å². The van der Waals surface area contributed by atoms with Gasteiger partial charge < -0.3 is 9.73 Å². The van der Waals surface area contributed by atoms with Crippen molar-refractivity contribution in [3.8, 4) is 0 Å². The van der Waals surface area contributed by atoms with E-state index >= 15 is 0 Å². The van der Waals surface area contributed by atoms with Crippen molar-refractivity contribution < 1.29 is 4.42 Å². The van der Waals surface area contributed by atoms with E-state index in [-0.39, 0.29) is 6.04 Å². The van der Waals surface area contributed by atoms with Crippen LogP contribution in [0.2, 0.25) is 0 Å². The number of furan rings is 1. The summed E-state index contributed by atoms with van der Waals surface area (Å²) in [5, 5.41) is 8.67. The minimum absolute atomic E-state index is 0.0807. The van der Waals surface area contributed by atoms with Crippen molar-refractivity contribution >= 4 is 26.9 Å². The maximum absolute atomic E-state index is 6.04. The number of aryl methyl sites for hydroxylation is 1. The second kappa shape index (κ2) is 5.99. The standard InChI is InChI=1S/C15H17BrN4O/c1-3-17-12(8-14-18-9-19-20(14)2)13-7-10-5-4-6-11(16)15(10)21-13/h4-7,9,12,17H,3,8H2,1-2H3. The van der Waals surface area contributed by atoms with E-state index in [0.29, 0.717) is 0 Å². The zero-order chi connectivity index (χ0) is 14.8. The molecule has 2 aromatic heterocycles. The van der Waals surface area contributed by atoms with Crippen LogP contribution < -0.4 is 5.32 Å². The number of para-hydroxylation sites is 1. The van der Waals surface area contributed by atoms with Crippen LogP contribution in [-0.2, 0) is 13.5 Å². The van der Waals surface area contributed by atoms with Gasteiger partial charge in [0.15, 0.2) is 0 Å². The Morgan fingerprint density at radius 1 is 1.43 bits per heavy atom. The molecule has 1 aromatic carbocycles. The van der Waals surface area contributed by atoms with Gasteiger partial charge in [0.1, 0.15) is 23.5 Å². The Balaban J connectivity index is 1.95. The monoisotopic (exact) mass is 348 g/mol. The van der Waals surface area contributed by atoms with Gasteiger partial charge in [0, 0.05) is 18.9 Å². The van der Waals surface area contributed by atoms with E-state index in [1.54, 1.807) is 11.0 Å². The van der Waals surface area contributed by atoms with Crippen LogP contribution in [0.5, 0.6) is 0 Å². The third-order valence-electron chi connectivity index (χ3n) is 3.50. The summed E-state index contributed by atoms with van der Waals surface area (Å²) in [6.07, 6.45) is 2.31. The fourth-order valence-corrected chi connectivity index (χ4v) is 2.89. The smallest absolute Gasteiger partial charge is 0.148 e. The van der Waals surface area contributed by atoms with Gasteiger partial charge in [-0.2, -0.15) is 5.10 Å². The molecule has 0 spiro atoms. The largest absolute Gasteiger partial charge is 0.458 e. The Kier molecular flexibility index (Phi) is 4.07. The van der Waals surface area contributed by atoms with Gasteiger partial charge in [-0.25, -0.2) is 4.98 Å². The van der Waals surface area contributed by atoms with Crippen LogP contribution in [0.3, 0.4) is 0 Å². The highest BCUT2D eigenvalue weighted by Gasteiger charge is 2.19. The van der Waals surface area contributed by atoms with Gasteiger partial charge in [-0.1, -0.05) is 19.1 Å². The predicted octanol–water partition coefficient (Wildman–Crippen LogP) is 3.22. The van der Waals surface area contributed by atoms with Crippen molar-refractivity contribution in [1.29, 1.82) is 0 Å². The number of benzene rings is 1. The molecule has 6 heteroatoms. The van der Waals surface area contributed by atoms with Gasteiger partial charge in [0.2, 0.25) is 0 Å². The highest BCUT2D eigenvalue weighted by atomic mass is 79.9. The van der Waals surface area contributed by atoms with Crippen LogP contribution >= 0.6 is 15.9 Å². The molecule has 0 amide bonds. The summed E-state index contributed by atoms with van der Waals surface area (Å²) in [4.78, 5) is 4.30. The van der Waals surface area contributed by atoms with E-state index in [1.165, 1.54) is 0 Å². The molecule has 0 radical (unpaired) electrons. The Bertz CT molecular complexity index is 749. The van der Waals surface area contributed by atoms with Crippen LogP contribution in [0.4, 0.5) is 0 Å². The second-order valence-corrected chi connectivity index (χ2v) is 5.78. The van der Waals surface area contributed by atoms with Crippen LogP contribution in [-0.4, -0.2) is 21.3 Å². The summed E-state index contributed by atoms with van der Waals surface area (Å²) < 4.78 is 8.80. The first-order valence-electron chi connectivity index (χ1n) is 6.93. The van der Waals surface area contributed by atoms with Crippen LogP contribution in [0.25, 0.3) is 11.0 Å². The second-order valence-electron chi connectivity index (χ2n) is 4.92. The predicted molar refractivity (Wildman–Crippen MR) is 85.0 cm³/mol. The quantitative estimate of drug-likeness (QED) is 0.769. The minimum atomic E-state index is 0.0807. The number of hydrogen-bond donors (Lipinski definition) is 1. The maximum atomic E-state index is 6.04. The highest BCUT2D eigenvalue weighted by molar-refractivity contribution is 9.10. The fourth-order valence-electron chi connectivity index (χ4n) is 2.43. The van der Waals surface area contributed by atoms with Gasteiger partial charge in [0.05, 0.1) is 10.5 Å². The lowest BCUT2D eigenvalue weighted by Gasteiger charge is -2.14. The van der Waals surface area contributed by atoms with E-state index in [0.717, 1.165) is 40.0 Å². The minimum Gasteiger partial charge on any atom is -0.458 e. The van der Waals surface area contributed by atoms with Crippen molar-refractivity contribution in [2.24, 2.45) is 7.05 Å². The molecule has 0 aliphatic rings. The van der Waals surface area contributed by atoms with E-state index in [9.17, 15) is 0 Å². The number of rotatable bonds is 5. The molecule has 3 aromatic rings. The lowest BCUT2D eigenvalue weighted by Crippen LogP contribution is -2.23. The molecule has 1 unspecified atom stereocenters. The number of aromatic nitrogens is 3. The van der Waals surface area contributed by atoms with Crippen molar-refractivity contribution in [3.05, 3.63) is 46.7 Å². The van der Waals surface area contributed by atoms with Crippen molar-refractivity contribution in [1.82, 2.24) is 20.1 Å². The number of fused-ring (bicyclic) bond motifs is 1. The summed E-state index contributed by atoms with van der Waals surface area (Å²) in [7, 11) is 1.90. The Morgan fingerprint density at radius 3 is 2.95 bits per heavy atom. The first-order chi connectivity index (χ1) is 10.2. The molecule has 2 heterocycles. The van der Waals surface area contributed by atoms with Gasteiger partial charge in [-0.05, 0) is 34.6 Å². The summed E-state index contributed by atoms with van der Waals surface area (Å²) in [6.45, 7) is 2.95. The van der Waals surface area contributed by atoms with Crippen LogP contribution in [0, 0.1) is 0 Å². The summed E-state index contributed by atoms with van der Waals surface area (Å²) in [5.41, 5.74) is 0.883. The third-order valence-corrected chi connectivity index (χ3v) is 4.13. The van der Waals surface area contributed by atoms with E-state index in [1.807, 2.05) is 19.2 Å². The SMILES string of the molecule is CCNC(Cc1ncnn1C)c1cc2cccc(Br)c2o1. The zero-order valence-corrected chi connectivity index (χ0v) is 13.6. The number of hydrogen-bond acceptors (Lipinski definition) is 4. The van der Waals surface area contributed by atoms with Gasteiger partial charge in [0.25, 0.3) is 0 Å². The molecule has 1 N–H and O–H groups in total. The molecule has 0 aliphatic carbocycles. The maximum Gasteiger partial charge on any atom is 0.148 e. The molecule has 0 aliphatic heterocycles. The molecule has 0 saturated heterocycles. The van der Waals surface area contributed by atoms with Crippen molar-refractivity contribution in [2.75, 3.05) is 6.54 Å².